The van der Waals surface area contributed by atoms with E-state index in [0.29, 0.717) is 34.5 Å². The van der Waals surface area contributed by atoms with Crippen LogP contribution in [0.1, 0.15) is 44.4 Å². The Morgan fingerprint density at radius 2 is 1.74 bits per heavy atom. The van der Waals surface area contributed by atoms with Crippen LogP contribution >= 0.6 is 11.6 Å². The van der Waals surface area contributed by atoms with Crippen LogP contribution in [0.4, 0.5) is 0 Å². The van der Waals surface area contributed by atoms with Crippen LogP contribution < -0.4 is 10.2 Å². The fraction of sp³-hybridized carbons (Fsp3) is 0.214. The van der Waals surface area contributed by atoms with Gasteiger partial charge in [-0.1, -0.05) is 35.9 Å². The Balaban J connectivity index is 1.62. The number of halogens is 1. The highest BCUT2D eigenvalue weighted by molar-refractivity contribution is 6.30. The number of aryl methyl sites for hydroxylation is 2. The monoisotopic (exact) mass is 473 g/mol. The minimum absolute atomic E-state index is 0.112. The minimum Gasteiger partial charge on any atom is -0.497 e. The van der Waals surface area contributed by atoms with Crippen LogP contribution in [0.15, 0.2) is 69.9 Å². The number of methoxy groups -OCH3 is 1. The lowest BCUT2D eigenvalue weighted by atomic mass is 9.97. The molecule has 1 aliphatic rings. The Hall–Kier alpha value is -3.57. The van der Waals surface area contributed by atoms with Gasteiger partial charge in [-0.15, -0.1) is 0 Å². The predicted octanol–water partition coefficient (Wildman–Crippen LogP) is 5.86. The molecule has 5 rings (SSSR count). The number of rotatable bonds is 5. The zero-order chi connectivity index (χ0) is 24.0. The van der Waals surface area contributed by atoms with Gasteiger partial charge in [0.05, 0.1) is 24.1 Å². The molecule has 0 unspecified atom stereocenters. The molecule has 1 aromatic heterocycles. The third-order valence-corrected chi connectivity index (χ3v) is 6.78. The third kappa shape index (κ3) is 3.76. The molecule has 0 fully saturated rings. The van der Waals surface area contributed by atoms with Gasteiger partial charge in [0, 0.05) is 11.6 Å². The van der Waals surface area contributed by atoms with E-state index in [-0.39, 0.29) is 17.1 Å². The minimum atomic E-state index is -0.568. The summed E-state index contributed by atoms with van der Waals surface area (Å²) in [6, 6.07) is 18.2. The number of carbonyl (C=O) groups is 1. The molecular weight excluding hydrogens is 450 g/mol. The maximum Gasteiger partial charge on any atom is 0.290 e. The molecule has 34 heavy (non-hydrogen) atoms. The highest BCUT2D eigenvalue weighted by Crippen LogP contribution is 2.39. The molecule has 2 heterocycles. The van der Waals surface area contributed by atoms with Crippen LogP contribution in [0.25, 0.3) is 11.0 Å². The second-order valence-electron chi connectivity index (χ2n) is 8.66. The number of nitrogens with zero attached hydrogens (tertiary/aromatic N) is 1. The van der Waals surface area contributed by atoms with Crippen molar-refractivity contribution in [3.05, 3.63) is 109 Å². The Labute approximate surface area is 202 Å². The molecule has 0 spiro atoms. The molecule has 3 aromatic carbocycles. The molecule has 6 heteroatoms. The highest BCUT2D eigenvalue weighted by Gasteiger charge is 2.42. The number of hydrogen-bond acceptors (Lipinski definition) is 4. The van der Waals surface area contributed by atoms with Gasteiger partial charge < -0.3 is 14.1 Å². The third-order valence-electron chi connectivity index (χ3n) is 6.55. The summed E-state index contributed by atoms with van der Waals surface area (Å²) in [5.41, 5.74) is 4.47. The first-order valence-corrected chi connectivity index (χ1v) is 11.5. The average Bonchev–Trinajstić information content (AvgIpc) is 3.11. The van der Waals surface area contributed by atoms with Crippen LogP contribution in [0, 0.1) is 13.8 Å². The van der Waals surface area contributed by atoms with Gasteiger partial charge >= 0.3 is 0 Å². The van der Waals surface area contributed by atoms with Crippen LogP contribution in [-0.2, 0) is 6.42 Å². The van der Waals surface area contributed by atoms with E-state index in [1.165, 1.54) is 0 Å². The molecule has 0 radical (unpaired) electrons. The maximum absolute atomic E-state index is 13.7. The SMILES string of the molecule is COc1ccc(CCN2C(=O)c3oc4cc(C)c(C)cc4c(=O)c3[C@@H]2c2cccc(Cl)c2)cc1. The quantitative estimate of drug-likeness (QED) is 0.364. The second kappa shape index (κ2) is 8.65. The van der Waals surface area contributed by atoms with Crippen LogP contribution in [-0.4, -0.2) is 24.5 Å². The summed E-state index contributed by atoms with van der Waals surface area (Å²) >= 11 is 6.29. The van der Waals surface area contributed by atoms with Gasteiger partial charge in [-0.2, -0.15) is 0 Å². The lowest BCUT2D eigenvalue weighted by molar-refractivity contribution is 0.0730. The molecule has 0 bridgehead atoms. The van der Waals surface area contributed by atoms with E-state index in [2.05, 4.69) is 0 Å². The van der Waals surface area contributed by atoms with Gasteiger partial charge in [0.15, 0.2) is 5.43 Å². The highest BCUT2D eigenvalue weighted by atomic mass is 35.5. The fourth-order valence-electron chi connectivity index (χ4n) is 4.57. The van der Waals surface area contributed by atoms with E-state index in [9.17, 15) is 9.59 Å². The summed E-state index contributed by atoms with van der Waals surface area (Å²) in [7, 11) is 1.63. The lowest BCUT2D eigenvalue weighted by Crippen LogP contribution is -2.31. The van der Waals surface area contributed by atoms with Crippen molar-refractivity contribution in [2.45, 2.75) is 26.3 Å². The molecule has 4 aromatic rings. The topological polar surface area (TPSA) is 59.8 Å². The number of benzene rings is 3. The Morgan fingerprint density at radius 1 is 1.00 bits per heavy atom. The first-order chi connectivity index (χ1) is 16.4. The smallest absolute Gasteiger partial charge is 0.290 e. The Bertz CT molecular complexity index is 1470. The van der Waals surface area contributed by atoms with E-state index >= 15 is 0 Å². The molecule has 1 amide bonds. The maximum atomic E-state index is 13.7. The summed E-state index contributed by atoms with van der Waals surface area (Å²) < 4.78 is 11.3. The predicted molar refractivity (Wildman–Crippen MR) is 133 cm³/mol. The largest absolute Gasteiger partial charge is 0.497 e. The van der Waals surface area contributed by atoms with Crippen molar-refractivity contribution in [3.8, 4) is 5.75 Å². The van der Waals surface area contributed by atoms with Crippen LogP contribution in [0.5, 0.6) is 5.75 Å². The van der Waals surface area contributed by atoms with E-state index in [1.54, 1.807) is 24.1 Å². The molecule has 5 nitrogen and oxygen atoms in total. The number of carbonyl (C=O) groups excluding carboxylic acids is 1. The Kier molecular flexibility index (Phi) is 5.66. The van der Waals surface area contributed by atoms with Gasteiger partial charge in [-0.05, 0) is 78.9 Å². The first kappa shape index (κ1) is 22.2. The molecule has 1 atom stereocenters. The molecular formula is C28H24ClNO4. The van der Waals surface area contributed by atoms with Crippen molar-refractivity contribution in [3.63, 3.8) is 0 Å². The van der Waals surface area contributed by atoms with Gasteiger partial charge in [-0.3, -0.25) is 9.59 Å². The van der Waals surface area contributed by atoms with Crippen molar-refractivity contribution >= 4 is 28.5 Å². The van der Waals surface area contributed by atoms with Gasteiger partial charge in [0.2, 0.25) is 5.76 Å². The standard InChI is InChI=1S/C28H24ClNO4/c1-16-13-22-23(14-17(16)2)34-27-24(26(22)31)25(19-5-4-6-20(29)15-19)30(28(27)32)12-11-18-7-9-21(33-3)10-8-18/h4-10,13-15,25H,11-12H2,1-3H3/t25-/m0/s1. The molecule has 0 aliphatic carbocycles. The second-order valence-corrected chi connectivity index (χ2v) is 9.10. The number of amides is 1. The first-order valence-electron chi connectivity index (χ1n) is 11.1. The van der Waals surface area contributed by atoms with Crippen molar-refractivity contribution in [1.29, 1.82) is 0 Å². The van der Waals surface area contributed by atoms with E-state index in [0.717, 1.165) is 28.0 Å². The van der Waals surface area contributed by atoms with Gasteiger partial charge in [0.25, 0.3) is 5.91 Å². The van der Waals surface area contributed by atoms with E-state index < -0.39 is 6.04 Å². The van der Waals surface area contributed by atoms with Crippen molar-refractivity contribution in [2.75, 3.05) is 13.7 Å². The number of ether oxygens (including phenoxy) is 1. The summed E-state index contributed by atoms with van der Waals surface area (Å²) in [6.45, 7) is 4.34. The zero-order valence-corrected chi connectivity index (χ0v) is 20.0. The van der Waals surface area contributed by atoms with Crippen molar-refractivity contribution < 1.29 is 13.9 Å². The molecule has 0 N–H and O–H groups in total. The zero-order valence-electron chi connectivity index (χ0n) is 19.2. The lowest BCUT2D eigenvalue weighted by Gasteiger charge is -2.25. The van der Waals surface area contributed by atoms with Crippen molar-refractivity contribution in [1.82, 2.24) is 4.90 Å². The molecule has 172 valence electrons. The normalized spacial score (nSPS) is 15.1. The summed E-state index contributed by atoms with van der Waals surface area (Å²) in [4.78, 5) is 29.0. The summed E-state index contributed by atoms with van der Waals surface area (Å²) in [5, 5.41) is 1.03. The van der Waals surface area contributed by atoms with Crippen molar-refractivity contribution in [2.24, 2.45) is 0 Å². The number of fused-ring (bicyclic) bond motifs is 2. The van der Waals surface area contributed by atoms with E-state index in [4.69, 9.17) is 20.8 Å². The summed E-state index contributed by atoms with van der Waals surface area (Å²) in [5.74, 6) is 0.600. The van der Waals surface area contributed by atoms with Crippen LogP contribution in [0.3, 0.4) is 0 Å². The molecule has 0 saturated carbocycles. The summed E-state index contributed by atoms with van der Waals surface area (Å²) in [6.07, 6.45) is 0.618. The molecule has 1 aliphatic heterocycles. The van der Waals surface area contributed by atoms with E-state index in [1.807, 2.05) is 62.4 Å². The number of hydrogen-bond donors (Lipinski definition) is 0. The average molecular weight is 474 g/mol. The van der Waals surface area contributed by atoms with Gasteiger partial charge in [-0.25, -0.2) is 0 Å². The van der Waals surface area contributed by atoms with Gasteiger partial charge in [0.1, 0.15) is 11.3 Å². The van der Waals surface area contributed by atoms with Crippen LogP contribution in [0.2, 0.25) is 5.02 Å². The fourth-order valence-corrected chi connectivity index (χ4v) is 4.77. The Morgan fingerprint density at radius 3 is 2.44 bits per heavy atom. The molecule has 0 saturated heterocycles.